The van der Waals surface area contributed by atoms with Gasteiger partial charge in [-0.1, -0.05) is 42.5 Å². The van der Waals surface area contributed by atoms with Crippen LogP contribution in [0.15, 0.2) is 65.2 Å². The third-order valence-corrected chi connectivity index (χ3v) is 5.07. The van der Waals surface area contributed by atoms with Crippen LogP contribution in [0.2, 0.25) is 0 Å². The molecule has 2 aromatic carbocycles. The predicted molar refractivity (Wildman–Crippen MR) is 112 cm³/mol. The highest BCUT2D eigenvalue weighted by Crippen LogP contribution is 2.28. The zero-order chi connectivity index (χ0) is 18.6. The lowest BCUT2D eigenvalue weighted by atomic mass is 9.91. The number of carbonyl (C=O) groups is 1. The molecule has 1 aromatic heterocycles. The van der Waals surface area contributed by atoms with Crippen molar-refractivity contribution in [1.29, 1.82) is 0 Å². The molecule has 6 heteroatoms. The summed E-state index contributed by atoms with van der Waals surface area (Å²) in [6.07, 6.45) is 5.44. The van der Waals surface area contributed by atoms with E-state index >= 15 is 0 Å². The molecule has 1 heterocycles. The molecule has 1 aliphatic carbocycles. The number of nitrogens with two attached hydrogens (primary N) is 1. The second kappa shape index (κ2) is 9.04. The molecule has 1 saturated carbocycles. The Labute approximate surface area is 170 Å². The summed E-state index contributed by atoms with van der Waals surface area (Å²) in [6, 6.07) is 17.7. The quantitative estimate of drug-likeness (QED) is 0.682. The fraction of sp³-hybridized carbons (Fsp3) is 0.273. The van der Waals surface area contributed by atoms with Gasteiger partial charge in [-0.25, -0.2) is 4.98 Å². The molecule has 1 amide bonds. The number of aromatic nitrogens is 1. The summed E-state index contributed by atoms with van der Waals surface area (Å²) in [5, 5.41) is 3.14. The molecular formula is C22H24ClN3O2. The first-order valence-corrected chi connectivity index (χ1v) is 9.38. The summed E-state index contributed by atoms with van der Waals surface area (Å²) in [6.45, 7) is 0. The predicted octanol–water partition coefficient (Wildman–Crippen LogP) is 4.43. The highest BCUT2D eigenvalue weighted by atomic mass is 35.5. The van der Waals surface area contributed by atoms with Gasteiger partial charge in [0, 0.05) is 23.2 Å². The zero-order valence-electron chi connectivity index (χ0n) is 15.5. The fourth-order valence-electron chi connectivity index (χ4n) is 3.53. The Balaban J connectivity index is 0.00000225. The Bertz CT molecular complexity index is 918. The average Bonchev–Trinajstić information content (AvgIpc) is 3.20. The number of nitrogens with one attached hydrogen (secondary N) is 1. The number of halogens is 1. The molecule has 0 bridgehead atoms. The van der Waals surface area contributed by atoms with Crippen LogP contribution >= 0.6 is 12.4 Å². The van der Waals surface area contributed by atoms with Gasteiger partial charge < -0.3 is 15.5 Å². The first-order chi connectivity index (χ1) is 13.2. The molecule has 0 unspecified atom stereocenters. The van der Waals surface area contributed by atoms with Gasteiger partial charge in [-0.2, -0.15) is 0 Å². The van der Waals surface area contributed by atoms with Gasteiger partial charge in [0.1, 0.15) is 0 Å². The lowest BCUT2D eigenvalue weighted by Gasteiger charge is -2.27. The molecule has 0 radical (unpaired) electrons. The van der Waals surface area contributed by atoms with Gasteiger partial charge >= 0.3 is 0 Å². The number of carbonyl (C=O) groups excluding carboxylic acids is 1. The van der Waals surface area contributed by atoms with Gasteiger partial charge in [-0.15, -0.1) is 12.4 Å². The third-order valence-electron chi connectivity index (χ3n) is 5.07. The molecule has 4 rings (SSSR count). The van der Waals surface area contributed by atoms with Crippen molar-refractivity contribution in [2.75, 3.05) is 0 Å². The maximum Gasteiger partial charge on any atom is 0.252 e. The SMILES string of the molecule is Cl.NC1CCC(NC(=O)c2ccccc2-c2ncc(-c3ccccc3)o2)CC1. The van der Waals surface area contributed by atoms with E-state index in [0.29, 0.717) is 22.8 Å². The van der Waals surface area contributed by atoms with E-state index in [4.69, 9.17) is 10.2 Å². The molecule has 28 heavy (non-hydrogen) atoms. The molecule has 3 aromatic rings. The van der Waals surface area contributed by atoms with E-state index in [1.54, 1.807) is 6.20 Å². The summed E-state index contributed by atoms with van der Waals surface area (Å²) in [7, 11) is 0. The Hall–Kier alpha value is -2.63. The maximum absolute atomic E-state index is 12.9. The highest BCUT2D eigenvalue weighted by Gasteiger charge is 2.23. The number of nitrogens with zero attached hydrogens (tertiary/aromatic N) is 1. The summed E-state index contributed by atoms with van der Waals surface area (Å²) in [4.78, 5) is 17.3. The molecule has 1 aliphatic rings. The van der Waals surface area contributed by atoms with E-state index in [-0.39, 0.29) is 30.4 Å². The number of benzene rings is 2. The van der Waals surface area contributed by atoms with E-state index in [2.05, 4.69) is 10.3 Å². The Morgan fingerprint density at radius 3 is 2.43 bits per heavy atom. The van der Waals surface area contributed by atoms with Gasteiger partial charge in [0.05, 0.1) is 11.8 Å². The van der Waals surface area contributed by atoms with Crippen LogP contribution in [-0.2, 0) is 0 Å². The first kappa shape index (κ1) is 20.1. The molecule has 0 aliphatic heterocycles. The minimum Gasteiger partial charge on any atom is -0.436 e. The smallest absolute Gasteiger partial charge is 0.252 e. The minimum absolute atomic E-state index is 0. The average molecular weight is 398 g/mol. The van der Waals surface area contributed by atoms with Crippen molar-refractivity contribution in [2.24, 2.45) is 5.73 Å². The van der Waals surface area contributed by atoms with Crippen LogP contribution in [0.25, 0.3) is 22.8 Å². The van der Waals surface area contributed by atoms with Crippen LogP contribution in [0, 0.1) is 0 Å². The second-order valence-corrected chi connectivity index (χ2v) is 7.03. The van der Waals surface area contributed by atoms with Gasteiger partial charge in [0.25, 0.3) is 5.91 Å². The van der Waals surface area contributed by atoms with E-state index in [1.165, 1.54) is 0 Å². The van der Waals surface area contributed by atoms with E-state index in [0.717, 1.165) is 31.2 Å². The van der Waals surface area contributed by atoms with Crippen molar-refractivity contribution in [3.63, 3.8) is 0 Å². The van der Waals surface area contributed by atoms with Gasteiger partial charge in [0.2, 0.25) is 5.89 Å². The van der Waals surface area contributed by atoms with Crippen LogP contribution < -0.4 is 11.1 Å². The molecule has 0 atom stereocenters. The van der Waals surface area contributed by atoms with Crippen molar-refractivity contribution in [2.45, 2.75) is 37.8 Å². The first-order valence-electron chi connectivity index (χ1n) is 9.38. The highest BCUT2D eigenvalue weighted by molar-refractivity contribution is 6.00. The number of amides is 1. The van der Waals surface area contributed by atoms with Gasteiger partial charge in [-0.3, -0.25) is 4.79 Å². The van der Waals surface area contributed by atoms with Gasteiger partial charge in [-0.05, 0) is 37.8 Å². The zero-order valence-corrected chi connectivity index (χ0v) is 16.3. The lowest BCUT2D eigenvalue weighted by molar-refractivity contribution is 0.0926. The largest absolute Gasteiger partial charge is 0.436 e. The Morgan fingerprint density at radius 1 is 1.00 bits per heavy atom. The molecular weight excluding hydrogens is 374 g/mol. The van der Waals surface area contributed by atoms with Crippen LogP contribution in [0.3, 0.4) is 0 Å². The van der Waals surface area contributed by atoms with Crippen LogP contribution in [-0.4, -0.2) is 23.0 Å². The van der Waals surface area contributed by atoms with Crippen LogP contribution in [0.4, 0.5) is 0 Å². The van der Waals surface area contributed by atoms with Crippen molar-refractivity contribution in [3.8, 4) is 22.8 Å². The van der Waals surface area contributed by atoms with E-state index < -0.39 is 0 Å². The molecule has 146 valence electrons. The minimum atomic E-state index is -0.0921. The number of hydrogen-bond donors (Lipinski definition) is 2. The van der Waals surface area contributed by atoms with Crippen molar-refractivity contribution in [3.05, 3.63) is 66.4 Å². The van der Waals surface area contributed by atoms with Crippen molar-refractivity contribution in [1.82, 2.24) is 10.3 Å². The number of hydrogen-bond acceptors (Lipinski definition) is 4. The van der Waals surface area contributed by atoms with E-state index in [9.17, 15) is 4.79 Å². The maximum atomic E-state index is 12.9. The molecule has 0 saturated heterocycles. The number of oxazole rings is 1. The van der Waals surface area contributed by atoms with Gasteiger partial charge in [0.15, 0.2) is 5.76 Å². The summed E-state index contributed by atoms with van der Waals surface area (Å²) >= 11 is 0. The topological polar surface area (TPSA) is 81.1 Å². The molecule has 1 fully saturated rings. The monoisotopic (exact) mass is 397 g/mol. The lowest BCUT2D eigenvalue weighted by Crippen LogP contribution is -2.40. The van der Waals surface area contributed by atoms with Crippen LogP contribution in [0.1, 0.15) is 36.0 Å². The fourth-order valence-corrected chi connectivity index (χ4v) is 3.53. The molecule has 5 nitrogen and oxygen atoms in total. The van der Waals surface area contributed by atoms with Crippen molar-refractivity contribution < 1.29 is 9.21 Å². The Kier molecular flexibility index (Phi) is 6.49. The van der Waals surface area contributed by atoms with E-state index in [1.807, 2.05) is 54.6 Å². The summed E-state index contributed by atoms with van der Waals surface area (Å²) in [5.41, 5.74) is 8.19. The number of rotatable bonds is 4. The Morgan fingerprint density at radius 2 is 1.68 bits per heavy atom. The standard InChI is InChI=1S/C22H23N3O2.ClH/c23-16-10-12-17(13-11-16)25-21(26)18-8-4-5-9-19(18)22-24-14-20(27-22)15-6-2-1-3-7-15;/h1-9,14,16-17H,10-13,23H2,(H,25,26);1H. The normalized spacial score (nSPS) is 18.9. The van der Waals surface area contributed by atoms with Crippen molar-refractivity contribution >= 4 is 18.3 Å². The summed E-state index contributed by atoms with van der Waals surface area (Å²) < 4.78 is 5.94. The molecule has 0 spiro atoms. The molecule has 3 N–H and O–H groups in total. The second-order valence-electron chi connectivity index (χ2n) is 7.03. The van der Waals surface area contributed by atoms with Crippen LogP contribution in [0.5, 0.6) is 0 Å². The third kappa shape index (κ3) is 4.43. The summed E-state index contributed by atoms with van der Waals surface area (Å²) in [5.74, 6) is 1.04.